The molecule has 2 nitrogen and oxygen atoms in total. The molecule has 2 rings (SSSR count). The molecule has 0 atom stereocenters. The second-order valence-electron chi connectivity index (χ2n) is 5.23. The van der Waals surface area contributed by atoms with E-state index < -0.39 is 0 Å². The maximum absolute atomic E-state index is 5.98. The second-order valence-corrected chi connectivity index (χ2v) is 5.23. The summed E-state index contributed by atoms with van der Waals surface area (Å²) >= 11 is 0. The van der Waals surface area contributed by atoms with Crippen LogP contribution in [0.25, 0.3) is 0 Å². The van der Waals surface area contributed by atoms with Crippen LogP contribution in [0.3, 0.4) is 0 Å². The zero-order chi connectivity index (χ0) is 14.3. The summed E-state index contributed by atoms with van der Waals surface area (Å²) in [6.07, 6.45) is 1.62. The van der Waals surface area contributed by atoms with E-state index in [1.807, 2.05) is 13.8 Å². The highest BCUT2D eigenvalue weighted by molar-refractivity contribution is 5.30. The lowest BCUT2D eigenvalue weighted by atomic mass is 10.0. The fraction of sp³-hybridized carbons (Fsp3) is 0.647. The molecule has 1 aromatic carbocycles. The predicted octanol–water partition coefficient (Wildman–Crippen LogP) is 4.31. The van der Waals surface area contributed by atoms with E-state index in [1.165, 1.54) is 18.5 Å². The molecule has 0 aromatic heterocycles. The fourth-order valence-electron chi connectivity index (χ4n) is 2.24. The molecule has 0 spiro atoms. The van der Waals surface area contributed by atoms with Gasteiger partial charge in [-0.1, -0.05) is 46.8 Å². The molecule has 0 bridgehead atoms. The van der Waals surface area contributed by atoms with E-state index in [9.17, 15) is 0 Å². The van der Waals surface area contributed by atoms with Crippen molar-refractivity contribution in [3.05, 3.63) is 29.8 Å². The van der Waals surface area contributed by atoms with Gasteiger partial charge in [-0.25, -0.2) is 0 Å². The van der Waals surface area contributed by atoms with Crippen molar-refractivity contribution in [2.24, 2.45) is 0 Å². The van der Waals surface area contributed by atoms with Crippen molar-refractivity contribution < 1.29 is 4.74 Å². The van der Waals surface area contributed by atoms with Gasteiger partial charge in [-0.2, -0.15) is 0 Å². The summed E-state index contributed by atoms with van der Waals surface area (Å²) in [6, 6.07) is 8.50. The average Bonchev–Trinajstić information content (AvgIpc) is 2.39. The van der Waals surface area contributed by atoms with Gasteiger partial charge in [0.25, 0.3) is 0 Å². The van der Waals surface area contributed by atoms with Crippen molar-refractivity contribution in [2.45, 2.75) is 53.1 Å². The van der Waals surface area contributed by atoms with Crippen LogP contribution in [0.5, 0.6) is 5.75 Å². The first-order valence-corrected chi connectivity index (χ1v) is 7.68. The van der Waals surface area contributed by atoms with Crippen LogP contribution in [0.2, 0.25) is 0 Å². The van der Waals surface area contributed by atoms with E-state index >= 15 is 0 Å². The zero-order valence-electron chi connectivity index (χ0n) is 13.1. The summed E-state index contributed by atoms with van der Waals surface area (Å²) in [6.45, 7) is 14.0. The topological polar surface area (TPSA) is 12.5 Å². The Kier molecular flexibility index (Phi) is 6.93. The van der Waals surface area contributed by atoms with Crippen molar-refractivity contribution in [3.8, 4) is 5.75 Å². The molecule has 0 unspecified atom stereocenters. The number of rotatable bonds is 5. The highest BCUT2D eigenvalue weighted by Crippen LogP contribution is 2.23. The second kappa shape index (κ2) is 8.21. The van der Waals surface area contributed by atoms with Crippen LogP contribution < -0.4 is 4.74 Å². The smallest absolute Gasteiger partial charge is 0.124 e. The normalized spacial score (nSPS) is 15.7. The highest BCUT2D eigenvalue weighted by atomic mass is 16.5. The maximum atomic E-state index is 5.98. The Morgan fingerprint density at radius 3 is 2.53 bits per heavy atom. The third kappa shape index (κ3) is 4.87. The Bertz CT molecular complexity index is 356. The third-order valence-corrected chi connectivity index (χ3v) is 3.29. The SMILES string of the molecule is CC.CCCN1CC(Oc2cccc(C(C)C)c2)C1. The van der Waals surface area contributed by atoms with Crippen molar-refractivity contribution in [3.63, 3.8) is 0 Å². The van der Waals surface area contributed by atoms with Crippen LogP contribution in [0.15, 0.2) is 24.3 Å². The molecule has 108 valence electrons. The number of likely N-dealkylation sites (tertiary alicyclic amines) is 1. The van der Waals surface area contributed by atoms with Gasteiger partial charge in [0, 0.05) is 13.1 Å². The Hall–Kier alpha value is -1.02. The van der Waals surface area contributed by atoms with E-state index in [2.05, 4.69) is 49.9 Å². The molecule has 1 heterocycles. The van der Waals surface area contributed by atoms with Crippen LogP contribution in [-0.4, -0.2) is 30.6 Å². The van der Waals surface area contributed by atoms with Gasteiger partial charge in [0.1, 0.15) is 11.9 Å². The van der Waals surface area contributed by atoms with Crippen molar-refractivity contribution in [2.75, 3.05) is 19.6 Å². The van der Waals surface area contributed by atoms with E-state index in [0.717, 1.165) is 18.8 Å². The first kappa shape index (κ1) is 16.0. The van der Waals surface area contributed by atoms with E-state index in [1.54, 1.807) is 0 Å². The molecular weight excluding hydrogens is 234 g/mol. The molecule has 0 N–H and O–H groups in total. The van der Waals surface area contributed by atoms with Crippen LogP contribution in [0.4, 0.5) is 0 Å². The Morgan fingerprint density at radius 2 is 1.95 bits per heavy atom. The molecular formula is C17H29NO. The quantitative estimate of drug-likeness (QED) is 0.785. The molecule has 1 aliphatic rings. The highest BCUT2D eigenvalue weighted by Gasteiger charge is 2.27. The molecule has 19 heavy (non-hydrogen) atoms. The van der Waals surface area contributed by atoms with Gasteiger partial charge in [-0.3, -0.25) is 4.90 Å². The van der Waals surface area contributed by atoms with Crippen LogP contribution >= 0.6 is 0 Å². The molecule has 0 saturated carbocycles. The molecule has 0 aliphatic carbocycles. The molecule has 1 aromatic rings. The van der Waals surface area contributed by atoms with Crippen molar-refractivity contribution in [1.82, 2.24) is 4.90 Å². The molecule has 1 fully saturated rings. The summed E-state index contributed by atoms with van der Waals surface area (Å²) in [5.41, 5.74) is 1.35. The number of nitrogens with zero attached hydrogens (tertiary/aromatic N) is 1. The minimum absolute atomic E-state index is 0.393. The molecule has 0 amide bonds. The lowest BCUT2D eigenvalue weighted by molar-refractivity contribution is 0.0202. The minimum Gasteiger partial charge on any atom is -0.488 e. The minimum atomic E-state index is 0.393. The van der Waals surface area contributed by atoms with Gasteiger partial charge in [-0.05, 0) is 36.6 Å². The lowest BCUT2D eigenvalue weighted by Crippen LogP contribution is -2.53. The molecule has 1 saturated heterocycles. The average molecular weight is 263 g/mol. The van der Waals surface area contributed by atoms with Crippen LogP contribution in [0, 0.1) is 0 Å². The summed E-state index contributed by atoms with van der Waals surface area (Å²) < 4.78 is 5.98. The lowest BCUT2D eigenvalue weighted by Gasteiger charge is -2.38. The zero-order valence-corrected chi connectivity index (χ0v) is 13.1. The van der Waals surface area contributed by atoms with Crippen LogP contribution in [-0.2, 0) is 0 Å². The number of hydrogen-bond acceptors (Lipinski definition) is 2. The van der Waals surface area contributed by atoms with E-state index in [-0.39, 0.29) is 0 Å². The Balaban J connectivity index is 0.000000861. The van der Waals surface area contributed by atoms with Gasteiger partial charge in [0.05, 0.1) is 0 Å². The van der Waals surface area contributed by atoms with Crippen molar-refractivity contribution >= 4 is 0 Å². The van der Waals surface area contributed by atoms with Crippen LogP contribution in [0.1, 0.15) is 52.5 Å². The van der Waals surface area contributed by atoms with E-state index in [0.29, 0.717) is 12.0 Å². The summed E-state index contributed by atoms with van der Waals surface area (Å²) in [5.74, 6) is 1.59. The van der Waals surface area contributed by atoms with E-state index in [4.69, 9.17) is 4.74 Å². The van der Waals surface area contributed by atoms with Gasteiger partial charge < -0.3 is 4.74 Å². The largest absolute Gasteiger partial charge is 0.488 e. The Morgan fingerprint density at radius 1 is 1.26 bits per heavy atom. The molecule has 0 radical (unpaired) electrons. The molecule has 1 aliphatic heterocycles. The van der Waals surface area contributed by atoms with Gasteiger partial charge in [0.15, 0.2) is 0 Å². The van der Waals surface area contributed by atoms with Gasteiger partial charge in [-0.15, -0.1) is 0 Å². The van der Waals surface area contributed by atoms with Gasteiger partial charge >= 0.3 is 0 Å². The van der Waals surface area contributed by atoms with Gasteiger partial charge in [0.2, 0.25) is 0 Å². The number of benzene rings is 1. The summed E-state index contributed by atoms with van der Waals surface area (Å²) in [7, 11) is 0. The first-order valence-electron chi connectivity index (χ1n) is 7.68. The first-order chi connectivity index (χ1) is 9.19. The standard InChI is InChI=1S/C15H23NO.C2H6/c1-4-8-16-10-15(11-16)17-14-7-5-6-13(9-14)12(2)3;1-2/h5-7,9,12,15H,4,8,10-11H2,1-3H3;1-2H3. The Labute approximate surface area is 118 Å². The fourth-order valence-corrected chi connectivity index (χ4v) is 2.24. The summed E-state index contributed by atoms with van der Waals surface area (Å²) in [5, 5.41) is 0. The third-order valence-electron chi connectivity index (χ3n) is 3.29. The number of hydrogen-bond donors (Lipinski definition) is 0. The molecule has 2 heteroatoms. The predicted molar refractivity (Wildman–Crippen MR) is 83.0 cm³/mol. The van der Waals surface area contributed by atoms with Crippen molar-refractivity contribution in [1.29, 1.82) is 0 Å². The monoisotopic (exact) mass is 263 g/mol. The maximum Gasteiger partial charge on any atom is 0.124 e. The number of ether oxygens (including phenoxy) is 1. The summed E-state index contributed by atoms with van der Waals surface area (Å²) in [4.78, 5) is 2.44.